The highest BCUT2D eigenvalue weighted by Gasteiger charge is 2.13. The van der Waals surface area contributed by atoms with E-state index in [1.807, 2.05) is 26.1 Å². The van der Waals surface area contributed by atoms with E-state index in [0.29, 0.717) is 16.1 Å². The van der Waals surface area contributed by atoms with E-state index in [-0.39, 0.29) is 11.9 Å². The summed E-state index contributed by atoms with van der Waals surface area (Å²) in [6, 6.07) is 8.16. The molecule has 0 saturated carbocycles. The van der Waals surface area contributed by atoms with Crippen molar-refractivity contribution >= 4 is 15.9 Å². The Labute approximate surface area is 119 Å². The highest BCUT2D eigenvalue weighted by atomic mass is 79.9. The summed E-state index contributed by atoms with van der Waals surface area (Å²) in [6.45, 7) is 2.00. The highest BCUT2D eigenvalue weighted by molar-refractivity contribution is 9.10. The number of nitrogens with one attached hydrogen (secondary N) is 1. The predicted octanol–water partition coefficient (Wildman–Crippen LogP) is 4.06. The van der Waals surface area contributed by atoms with Crippen molar-refractivity contribution in [3.8, 4) is 11.6 Å². The van der Waals surface area contributed by atoms with Crippen LogP contribution in [0.3, 0.4) is 0 Å². The quantitative estimate of drug-likeness (QED) is 0.921. The lowest BCUT2D eigenvalue weighted by Gasteiger charge is -2.15. The Bertz CT molecular complexity index is 577. The Morgan fingerprint density at radius 1 is 1.37 bits per heavy atom. The lowest BCUT2D eigenvalue weighted by Crippen LogP contribution is -2.13. The van der Waals surface area contributed by atoms with Crippen molar-refractivity contribution in [2.24, 2.45) is 0 Å². The molecule has 1 aromatic heterocycles. The van der Waals surface area contributed by atoms with E-state index in [1.54, 1.807) is 12.3 Å². The van der Waals surface area contributed by atoms with Gasteiger partial charge in [-0.25, -0.2) is 9.37 Å². The first-order valence-electron chi connectivity index (χ1n) is 5.87. The van der Waals surface area contributed by atoms with Gasteiger partial charge in [0.2, 0.25) is 5.88 Å². The number of halogens is 2. The Balaban J connectivity index is 2.35. The molecule has 19 heavy (non-hydrogen) atoms. The van der Waals surface area contributed by atoms with E-state index in [2.05, 4.69) is 26.2 Å². The van der Waals surface area contributed by atoms with Gasteiger partial charge in [0.15, 0.2) is 0 Å². The third kappa shape index (κ3) is 3.30. The number of pyridine rings is 1. The van der Waals surface area contributed by atoms with Crippen molar-refractivity contribution in [1.29, 1.82) is 0 Å². The highest BCUT2D eigenvalue weighted by Crippen LogP contribution is 2.32. The third-order valence-corrected chi connectivity index (χ3v) is 3.46. The van der Waals surface area contributed by atoms with Crippen LogP contribution in [0, 0.1) is 5.82 Å². The first-order valence-corrected chi connectivity index (χ1v) is 6.66. The maximum Gasteiger partial charge on any atom is 0.224 e. The van der Waals surface area contributed by atoms with Gasteiger partial charge in [0.05, 0.1) is 4.47 Å². The minimum absolute atomic E-state index is 0.0936. The number of hydrogen-bond acceptors (Lipinski definition) is 3. The van der Waals surface area contributed by atoms with Gasteiger partial charge in [-0.15, -0.1) is 0 Å². The molecule has 0 aliphatic carbocycles. The summed E-state index contributed by atoms with van der Waals surface area (Å²) in [5.74, 6) is 0.524. The summed E-state index contributed by atoms with van der Waals surface area (Å²) >= 11 is 3.33. The van der Waals surface area contributed by atoms with Crippen LogP contribution in [-0.4, -0.2) is 12.0 Å². The molecule has 1 aromatic carbocycles. The van der Waals surface area contributed by atoms with Crippen LogP contribution in [-0.2, 0) is 0 Å². The molecule has 0 amide bonds. The molecule has 2 aromatic rings. The number of benzene rings is 1. The fraction of sp³-hybridized carbons (Fsp3) is 0.214. The number of aromatic nitrogens is 1. The maximum atomic E-state index is 13.2. The van der Waals surface area contributed by atoms with E-state index in [1.165, 1.54) is 12.1 Å². The second-order valence-electron chi connectivity index (χ2n) is 4.08. The molecular weight excluding hydrogens is 311 g/mol. The zero-order valence-corrected chi connectivity index (χ0v) is 12.2. The molecule has 0 saturated heterocycles. The van der Waals surface area contributed by atoms with Crippen LogP contribution in [0.25, 0.3) is 0 Å². The second-order valence-corrected chi connectivity index (χ2v) is 4.94. The molecule has 1 heterocycles. The summed E-state index contributed by atoms with van der Waals surface area (Å²) in [5, 5.41) is 3.13. The number of nitrogens with zero attached hydrogens (tertiary/aromatic N) is 1. The van der Waals surface area contributed by atoms with E-state index >= 15 is 0 Å². The van der Waals surface area contributed by atoms with Crippen LogP contribution in [0.1, 0.15) is 18.5 Å². The molecule has 1 unspecified atom stereocenters. The van der Waals surface area contributed by atoms with Gasteiger partial charge >= 0.3 is 0 Å². The minimum atomic E-state index is -0.350. The first-order chi connectivity index (χ1) is 9.11. The van der Waals surface area contributed by atoms with Gasteiger partial charge < -0.3 is 10.1 Å². The molecule has 5 heteroatoms. The summed E-state index contributed by atoms with van der Waals surface area (Å²) in [5.41, 5.74) is 0.918. The second kappa shape index (κ2) is 6.12. The SMILES string of the molecule is CNC(C)c1cccnc1Oc1cc(F)ccc1Br. The summed E-state index contributed by atoms with van der Waals surface area (Å²) in [7, 11) is 1.86. The van der Waals surface area contributed by atoms with E-state index in [0.717, 1.165) is 5.56 Å². The standard InChI is InChI=1S/C14H14BrFN2O/c1-9(17-2)11-4-3-7-18-14(11)19-13-8-10(16)5-6-12(13)15/h3-9,17H,1-2H3. The average Bonchev–Trinajstić information content (AvgIpc) is 2.42. The molecule has 0 aliphatic heterocycles. The summed E-state index contributed by atoms with van der Waals surface area (Å²) in [4.78, 5) is 4.21. The van der Waals surface area contributed by atoms with E-state index in [4.69, 9.17) is 4.74 Å². The van der Waals surface area contributed by atoms with Crippen molar-refractivity contribution in [1.82, 2.24) is 10.3 Å². The Kier molecular flexibility index (Phi) is 4.50. The zero-order chi connectivity index (χ0) is 13.8. The lowest BCUT2D eigenvalue weighted by molar-refractivity contribution is 0.440. The molecule has 0 spiro atoms. The van der Waals surface area contributed by atoms with Gasteiger partial charge in [-0.05, 0) is 48.1 Å². The maximum absolute atomic E-state index is 13.2. The van der Waals surface area contributed by atoms with Crippen molar-refractivity contribution in [2.75, 3.05) is 7.05 Å². The van der Waals surface area contributed by atoms with Crippen molar-refractivity contribution < 1.29 is 9.13 Å². The van der Waals surface area contributed by atoms with Crippen LogP contribution in [0.15, 0.2) is 41.0 Å². The molecule has 1 atom stereocenters. The summed E-state index contributed by atoms with van der Waals surface area (Å²) < 4.78 is 19.6. The van der Waals surface area contributed by atoms with Crippen molar-refractivity contribution in [3.63, 3.8) is 0 Å². The number of hydrogen-bond donors (Lipinski definition) is 1. The van der Waals surface area contributed by atoms with Crippen LogP contribution >= 0.6 is 15.9 Å². The fourth-order valence-electron chi connectivity index (χ4n) is 1.63. The molecular formula is C14H14BrFN2O. The lowest BCUT2D eigenvalue weighted by atomic mass is 10.1. The van der Waals surface area contributed by atoms with Gasteiger partial charge in [-0.3, -0.25) is 0 Å². The Morgan fingerprint density at radius 3 is 2.89 bits per heavy atom. The zero-order valence-electron chi connectivity index (χ0n) is 10.7. The molecule has 0 bridgehead atoms. The predicted molar refractivity (Wildman–Crippen MR) is 75.9 cm³/mol. The van der Waals surface area contributed by atoms with Gasteiger partial charge in [-0.2, -0.15) is 0 Å². The van der Waals surface area contributed by atoms with Gasteiger partial charge in [0.1, 0.15) is 11.6 Å². The largest absolute Gasteiger partial charge is 0.437 e. The Hall–Kier alpha value is -1.46. The van der Waals surface area contributed by atoms with Gasteiger partial charge in [-0.1, -0.05) is 6.07 Å². The number of rotatable bonds is 4. The molecule has 0 aliphatic rings. The van der Waals surface area contributed by atoms with E-state index < -0.39 is 0 Å². The van der Waals surface area contributed by atoms with Gasteiger partial charge in [0.25, 0.3) is 0 Å². The molecule has 0 radical (unpaired) electrons. The molecule has 0 fully saturated rings. The van der Waals surface area contributed by atoms with Crippen LogP contribution < -0.4 is 10.1 Å². The van der Waals surface area contributed by atoms with Crippen molar-refractivity contribution in [2.45, 2.75) is 13.0 Å². The molecule has 100 valence electrons. The van der Waals surface area contributed by atoms with Crippen LogP contribution in [0.4, 0.5) is 4.39 Å². The monoisotopic (exact) mass is 324 g/mol. The minimum Gasteiger partial charge on any atom is -0.437 e. The molecule has 3 nitrogen and oxygen atoms in total. The van der Waals surface area contributed by atoms with Crippen LogP contribution in [0.5, 0.6) is 11.6 Å². The summed E-state index contributed by atoms with van der Waals surface area (Å²) in [6.07, 6.45) is 1.65. The normalized spacial score (nSPS) is 12.2. The van der Waals surface area contributed by atoms with Crippen LogP contribution in [0.2, 0.25) is 0 Å². The van der Waals surface area contributed by atoms with E-state index in [9.17, 15) is 4.39 Å². The average molecular weight is 325 g/mol. The smallest absolute Gasteiger partial charge is 0.224 e. The number of ether oxygens (including phenoxy) is 1. The molecule has 1 N–H and O–H groups in total. The first kappa shape index (κ1) is 14.0. The topological polar surface area (TPSA) is 34.2 Å². The Morgan fingerprint density at radius 2 is 2.16 bits per heavy atom. The fourth-order valence-corrected chi connectivity index (χ4v) is 1.96. The van der Waals surface area contributed by atoms with Gasteiger partial charge in [0, 0.05) is 23.9 Å². The third-order valence-electron chi connectivity index (χ3n) is 2.80. The van der Waals surface area contributed by atoms with Crippen molar-refractivity contribution in [3.05, 3.63) is 52.4 Å². The molecule has 2 rings (SSSR count).